The highest BCUT2D eigenvalue weighted by Gasteiger charge is 2.30. The molecular weight excluding hydrogens is 216 g/mol. The highest BCUT2D eigenvalue weighted by Crippen LogP contribution is 2.24. The van der Waals surface area contributed by atoms with Crippen LogP contribution in [-0.4, -0.2) is 32.5 Å². The number of nitrogens with two attached hydrogens (primary N) is 1. The lowest BCUT2D eigenvalue weighted by Crippen LogP contribution is -2.40. The molecule has 2 atom stereocenters. The minimum absolute atomic E-state index is 0.345. The fourth-order valence-electron chi connectivity index (χ4n) is 1.68. The van der Waals surface area contributed by atoms with Gasteiger partial charge in [-0.15, -0.1) is 0 Å². The summed E-state index contributed by atoms with van der Waals surface area (Å²) in [4.78, 5) is 4.27. The van der Waals surface area contributed by atoms with E-state index in [2.05, 4.69) is 23.9 Å². The minimum Gasteiger partial charge on any atom is -0.393 e. The molecule has 0 aromatic carbocycles. The van der Waals surface area contributed by atoms with Gasteiger partial charge in [0.15, 0.2) is 0 Å². The quantitative estimate of drug-likeness (QED) is 0.772. The molecule has 3 N–H and O–H groups in total. The van der Waals surface area contributed by atoms with E-state index >= 15 is 0 Å². The average Bonchev–Trinajstić information content (AvgIpc) is 2.64. The molecule has 1 aromatic rings. The number of hydrogen-bond donors (Lipinski definition) is 2. The summed E-state index contributed by atoms with van der Waals surface area (Å²) in [6.45, 7) is 9.31. The Morgan fingerprint density at radius 3 is 2.59 bits per heavy atom. The van der Waals surface area contributed by atoms with Gasteiger partial charge in [0.1, 0.15) is 12.2 Å². The van der Waals surface area contributed by atoms with Gasteiger partial charge in [0.25, 0.3) is 0 Å². The normalized spacial score (nSPS) is 17.1. The van der Waals surface area contributed by atoms with Gasteiger partial charge in [0.2, 0.25) is 0 Å². The van der Waals surface area contributed by atoms with Crippen molar-refractivity contribution in [1.82, 2.24) is 14.8 Å². The fraction of sp³-hybridized carbons (Fsp3) is 0.833. The smallest absolute Gasteiger partial charge is 0.138 e. The molecule has 5 nitrogen and oxygen atoms in total. The van der Waals surface area contributed by atoms with Crippen molar-refractivity contribution in [3.05, 3.63) is 12.2 Å². The van der Waals surface area contributed by atoms with E-state index in [-0.39, 0.29) is 5.41 Å². The van der Waals surface area contributed by atoms with Gasteiger partial charge in [0.05, 0.1) is 6.10 Å². The molecule has 0 bridgehead atoms. The zero-order chi connectivity index (χ0) is 13.1. The standard InChI is InChI=1S/C12H24N4O/c1-9(2)6-16-11(14-8-15-16)5-12(4,7-13)10(3)17/h8-10,17H,5-7,13H2,1-4H3. The number of rotatable bonds is 6. The summed E-state index contributed by atoms with van der Waals surface area (Å²) in [6.07, 6.45) is 1.75. The summed E-state index contributed by atoms with van der Waals surface area (Å²) in [5, 5.41) is 14.0. The molecule has 0 amide bonds. The second-order valence-electron chi connectivity index (χ2n) is 5.46. The largest absolute Gasteiger partial charge is 0.393 e. The first-order valence-corrected chi connectivity index (χ1v) is 6.14. The molecule has 0 spiro atoms. The lowest BCUT2D eigenvalue weighted by Gasteiger charge is -2.30. The molecule has 1 aromatic heterocycles. The van der Waals surface area contributed by atoms with Gasteiger partial charge in [0, 0.05) is 24.9 Å². The Bertz CT molecular complexity index is 348. The van der Waals surface area contributed by atoms with Crippen LogP contribution in [0, 0.1) is 11.3 Å². The lowest BCUT2D eigenvalue weighted by atomic mass is 9.81. The van der Waals surface area contributed by atoms with Crippen LogP contribution >= 0.6 is 0 Å². The third-order valence-electron chi connectivity index (χ3n) is 3.27. The molecule has 0 aliphatic heterocycles. The van der Waals surface area contributed by atoms with Crippen molar-refractivity contribution >= 4 is 0 Å². The number of aromatic nitrogens is 3. The molecule has 98 valence electrons. The van der Waals surface area contributed by atoms with Crippen molar-refractivity contribution in [3.63, 3.8) is 0 Å². The first kappa shape index (κ1) is 14.1. The van der Waals surface area contributed by atoms with Gasteiger partial charge < -0.3 is 10.8 Å². The maximum absolute atomic E-state index is 9.81. The molecule has 0 saturated carbocycles. The van der Waals surface area contributed by atoms with Crippen LogP contribution in [0.1, 0.15) is 33.5 Å². The van der Waals surface area contributed by atoms with E-state index in [4.69, 9.17) is 5.73 Å². The zero-order valence-corrected chi connectivity index (χ0v) is 11.2. The summed E-state index contributed by atoms with van der Waals surface area (Å²) >= 11 is 0. The van der Waals surface area contributed by atoms with Crippen molar-refractivity contribution < 1.29 is 5.11 Å². The van der Waals surface area contributed by atoms with Crippen LogP contribution < -0.4 is 5.73 Å². The lowest BCUT2D eigenvalue weighted by molar-refractivity contribution is 0.0564. The molecule has 0 radical (unpaired) electrons. The molecule has 0 aliphatic rings. The second-order valence-corrected chi connectivity index (χ2v) is 5.46. The van der Waals surface area contributed by atoms with E-state index in [1.807, 2.05) is 11.6 Å². The zero-order valence-electron chi connectivity index (χ0n) is 11.2. The monoisotopic (exact) mass is 240 g/mol. The summed E-state index contributed by atoms with van der Waals surface area (Å²) in [6, 6.07) is 0. The van der Waals surface area contributed by atoms with Crippen LogP contribution in [0.4, 0.5) is 0 Å². The second kappa shape index (κ2) is 5.60. The maximum atomic E-state index is 9.81. The third-order valence-corrected chi connectivity index (χ3v) is 3.27. The van der Waals surface area contributed by atoms with Gasteiger partial charge in [-0.2, -0.15) is 5.10 Å². The summed E-state index contributed by atoms with van der Waals surface area (Å²) in [5.41, 5.74) is 5.41. The Labute approximate surface area is 103 Å². The number of hydrogen-bond acceptors (Lipinski definition) is 4. The van der Waals surface area contributed by atoms with Gasteiger partial charge in [-0.1, -0.05) is 20.8 Å². The van der Waals surface area contributed by atoms with E-state index in [0.717, 1.165) is 12.4 Å². The molecule has 1 rings (SSSR count). The molecule has 5 heteroatoms. The summed E-state index contributed by atoms with van der Waals surface area (Å²) < 4.78 is 1.90. The Morgan fingerprint density at radius 1 is 1.47 bits per heavy atom. The topological polar surface area (TPSA) is 77.0 Å². The van der Waals surface area contributed by atoms with Crippen LogP contribution in [0.25, 0.3) is 0 Å². The van der Waals surface area contributed by atoms with E-state index in [9.17, 15) is 5.11 Å². The molecule has 0 fully saturated rings. The van der Waals surface area contributed by atoms with E-state index < -0.39 is 6.10 Å². The molecule has 2 unspecified atom stereocenters. The number of nitrogens with zero attached hydrogens (tertiary/aromatic N) is 3. The van der Waals surface area contributed by atoms with Crippen LogP contribution in [0.2, 0.25) is 0 Å². The van der Waals surface area contributed by atoms with E-state index in [1.165, 1.54) is 0 Å². The van der Waals surface area contributed by atoms with Crippen LogP contribution in [0.5, 0.6) is 0 Å². The highest BCUT2D eigenvalue weighted by molar-refractivity contribution is 4.95. The molecule has 0 saturated heterocycles. The van der Waals surface area contributed by atoms with E-state index in [1.54, 1.807) is 13.3 Å². The van der Waals surface area contributed by atoms with Crippen molar-refractivity contribution in [2.75, 3.05) is 6.54 Å². The number of aliphatic hydroxyl groups is 1. The van der Waals surface area contributed by atoms with Gasteiger partial charge >= 0.3 is 0 Å². The Kier molecular flexibility index (Phi) is 4.65. The predicted molar refractivity (Wildman–Crippen MR) is 67.4 cm³/mol. The molecule has 1 heterocycles. The number of aliphatic hydroxyl groups excluding tert-OH is 1. The Hall–Kier alpha value is -0.940. The van der Waals surface area contributed by atoms with Crippen molar-refractivity contribution in [2.45, 2.75) is 46.8 Å². The van der Waals surface area contributed by atoms with Crippen LogP contribution in [-0.2, 0) is 13.0 Å². The fourth-order valence-corrected chi connectivity index (χ4v) is 1.68. The highest BCUT2D eigenvalue weighted by atomic mass is 16.3. The summed E-state index contributed by atoms with van der Waals surface area (Å²) in [5.74, 6) is 1.42. The van der Waals surface area contributed by atoms with Gasteiger partial charge in [-0.25, -0.2) is 9.67 Å². The van der Waals surface area contributed by atoms with Crippen LogP contribution in [0.15, 0.2) is 6.33 Å². The average molecular weight is 240 g/mol. The summed E-state index contributed by atoms with van der Waals surface area (Å²) in [7, 11) is 0. The van der Waals surface area contributed by atoms with Crippen LogP contribution in [0.3, 0.4) is 0 Å². The Morgan fingerprint density at radius 2 is 2.12 bits per heavy atom. The van der Waals surface area contributed by atoms with E-state index in [0.29, 0.717) is 18.9 Å². The maximum Gasteiger partial charge on any atom is 0.138 e. The first-order chi connectivity index (χ1) is 7.89. The van der Waals surface area contributed by atoms with Crippen molar-refractivity contribution in [3.8, 4) is 0 Å². The van der Waals surface area contributed by atoms with Crippen molar-refractivity contribution in [2.24, 2.45) is 17.1 Å². The third kappa shape index (κ3) is 3.51. The molecular formula is C12H24N4O. The predicted octanol–water partition coefficient (Wildman–Crippen LogP) is 0.822. The van der Waals surface area contributed by atoms with Gasteiger partial charge in [-0.3, -0.25) is 0 Å². The van der Waals surface area contributed by atoms with Gasteiger partial charge in [-0.05, 0) is 12.8 Å². The molecule has 17 heavy (non-hydrogen) atoms. The first-order valence-electron chi connectivity index (χ1n) is 6.14. The Balaban J connectivity index is 2.83. The van der Waals surface area contributed by atoms with Crippen molar-refractivity contribution in [1.29, 1.82) is 0 Å². The minimum atomic E-state index is -0.461. The molecule has 0 aliphatic carbocycles. The SMILES string of the molecule is CC(C)Cn1ncnc1CC(C)(CN)C(C)O.